The van der Waals surface area contributed by atoms with Crippen LogP contribution in [0.15, 0.2) is 54.9 Å². The number of fused-ring (bicyclic) bond motifs is 2. The van der Waals surface area contributed by atoms with Gasteiger partial charge in [-0.2, -0.15) is 0 Å². The number of β-amino-alcohol motifs (C(OH)–C–C–N with tert-alkyl or cyclic N) is 1. The summed E-state index contributed by atoms with van der Waals surface area (Å²) in [6.07, 6.45) is 4.54. The first-order valence-electron chi connectivity index (χ1n) is 10.0. The minimum absolute atomic E-state index is 0.170. The van der Waals surface area contributed by atoms with E-state index in [2.05, 4.69) is 56.1 Å². The molecule has 5 heteroatoms. The highest BCUT2D eigenvalue weighted by atomic mass is 16.3. The third kappa shape index (κ3) is 3.41. The molecular weight excluding hydrogens is 336 g/mol. The van der Waals surface area contributed by atoms with Gasteiger partial charge >= 0.3 is 0 Å². The molecule has 3 aliphatic rings. The largest absolute Gasteiger partial charge is 0.392 e. The van der Waals surface area contributed by atoms with E-state index in [0.29, 0.717) is 6.04 Å². The van der Waals surface area contributed by atoms with Crippen LogP contribution in [-0.4, -0.2) is 75.2 Å². The monoisotopic (exact) mass is 364 g/mol. The Hall–Kier alpha value is -1.79. The number of nitrogens with zero attached hydrogens (tertiary/aromatic N) is 4. The Balaban J connectivity index is 1.30. The Morgan fingerprint density at radius 1 is 0.926 bits per heavy atom. The van der Waals surface area contributed by atoms with Gasteiger partial charge in [0, 0.05) is 64.2 Å². The van der Waals surface area contributed by atoms with Crippen LogP contribution in [0.25, 0.3) is 0 Å². The standard InChI is InChI=1S/C22H28N4O/c27-21-9-20-13-24(11-18-5-2-1-3-6-18)15-22(26(20)14-21)16-25(17-22)12-19-7-4-8-23-10-19/h1-8,10,20-21,27H,9,11-17H2. The van der Waals surface area contributed by atoms with Crippen molar-refractivity contribution in [1.82, 2.24) is 19.7 Å². The molecule has 1 spiro atoms. The maximum atomic E-state index is 10.3. The number of hydrogen-bond acceptors (Lipinski definition) is 5. The third-order valence-electron chi connectivity index (χ3n) is 6.40. The highest BCUT2D eigenvalue weighted by molar-refractivity contribution is 5.18. The van der Waals surface area contributed by atoms with Gasteiger partial charge in [0.05, 0.1) is 11.6 Å². The fraction of sp³-hybridized carbons (Fsp3) is 0.500. The quantitative estimate of drug-likeness (QED) is 0.892. The normalized spacial score (nSPS) is 28.2. The maximum absolute atomic E-state index is 10.3. The van der Waals surface area contributed by atoms with Gasteiger partial charge in [-0.1, -0.05) is 36.4 Å². The molecule has 0 saturated carbocycles. The van der Waals surface area contributed by atoms with Crippen molar-refractivity contribution in [3.63, 3.8) is 0 Å². The van der Waals surface area contributed by atoms with Crippen molar-refractivity contribution in [2.24, 2.45) is 0 Å². The van der Waals surface area contributed by atoms with Crippen LogP contribution < -0.4 is 0 Å². The first-order valence-corrected chi connectivity index (χ1v) is 10.0. The molecule has 27 heavy (non-hydrogen) atoms. The highest BCUT2D eigenvalue weighted by Crippen LogP contribution is 2.39. The van der Waals surface area contributed by atoms with Crippen molar-refractivity contribution in [3.8, 4) is 0 Å². The van der Waals surface area contributed by atoms with E-state index in [1.807, 2.05) is 18.5 Å². The van der Waals surface area contributed by atoms with Gasteiger partial charge in [-0.15, -0.1) is 0 Å². The molecule has 5 nitrogen and oxygen atoms in total. The summed E-state index contributed by atoms with van der Waals surface area (Å²) in [6.45, 7) is 7.13. The minimum atomic E-state index is -0.170. The van der Waals surface area contributed by atoms with Crippen LogP contribution in [-0.2, 0) is 13.1 Å². The molecule has 0 bridgehead atoms. The van der Waals surface area contributed by atoms with E-state index in [1.165, 1.54) is 11.1 Å². The highest BCUT2D eigenvalue weighted by Gasteiger charge is 2.55. The maximum Gasteiger partial charge on any atom is 0.0682 e. The molecule has 1 aromatic heterocycles. The summed E-state index contributed by atoms with van der Waals surface area (Å²) in [5, 5.41) is 10.3. The molecule has 0 radical (unpaired) electrons. The number of aromatic nitrogens is 1. The lowest BCUT2D eigenvalue weighted by atomic mass is 9.83. The molecule has 2 atom stereocenters. The Labute approximate surface area is 161 Å². The summed E-state index contributed by atoms with van der Waals surface area (Å²) >= 11 is 0. The molecule has 0 amide bonds. The van der Waals surface area contributed by atoms with Crippen LogP contribution in [0.5, 0.6) is 0 Å². The van der Waals surface area contributed by atoms with Crippen LogP contribution >= 0.6 is 0 Å². The molecule has 0 aliphatic carbocycles. The lowest BCUT2D eigenvalue weighted by Crippen LogP contribution is -2.77. The summed E-state index contributed by atoms with van der Waals surface area (Å²) in [5.74, 6) is 0. The van der Waals surface area contributed by atoms with E-state index in [4.69, 9.17) is 0 Å². The van der Waals surface area contributed by atoms with Gasteiger partial charge in [-0.25, -0.2) is 0 Å². The summed E-state index contributed by atoms with van der Waals surface area (Å²) in [5.41, 5.74) is 2.85. The van der Waals surface area contributed by atoms with Crippen molar-refractivity contribution >= 4 is 0 Å². The molecule has 142 valence electrons. The molecule has 5 rings (SSSR count). The van der Waals surface area contributed by atoms with Gasteiger partial charge in [0.1, 0.15) is 0 Å². The number of pyridine rings is 1. The van der Waals surface area contributed by atoms with Crippen molar-refractivity contribution in [3.05, 3.63) is 66.0 Å². The second-order valence-electron chi connectivity index (χ2n) is 8.58. The van der Waals surface area contributed by atoms with Crippen LogP contribution in [0.4, 0.5) is 0 Å². The fourth-order valence-electron chi connectivity index (χ4n) is 5.41. The van der Waals surface area contributed by atoms with Crippen molar-refractivity contribution in [1.29, 1.82) is 0 Å². The third-order valence-corrected chi connectivity index (χ3v) is 6.40. The molecule has 1 aromatic carbocycles. The average molecular weight is 364 g/mol. The number of hydrogen-bond donors (Lipinski definition) is 1. The average Bonchev–Trinajstić information content (AvgIpc) is 3.03. The summed E-state index contributed by atoms with van der Waals surface area (Å²) in [7, 11) is 0. The van der Waals surface area contributed by atoms with E-state index < -0.39 is 0 Å². The zero-order valence-corrected chi connectivity index (χ0v) is 15.7. The number of piperazine rings is 1. The van der Waals surface area contributed by atoms with Crippen molar-refractivity contribution in [2.45, 2.75) is 37.2 Å². The molecule has 3 fully saturated rings. The zero-order chi connectivity index (χ0) is 18.3. The van der Waals surface area contributed by atoms with Gasteiger partial charge in [0.2, 0.25) is 0 Å². The van der Waals surface area contributed by atoms with Crippen LogP contribution in [0, 0.1) is 0 Å². The van der Waals surface area contributed by atoms with Crippen LogP contribution in [0.1, 0.15) is 17.5 Å². The van der Waals surface area contributed by atoms with Gasteiger partial charge in [0.15, 0.2) is 0 Å². The zero-order valence-electron chi connectivity index (χ0n) is 15.7. The van der Waals surface area contributed by atoms with Crippen LogP contribution in [0.3, 0.4) is 0 Å². The molecule has 2 aromatic rings. The SMILES string of the molecule is OC1CC2CN(Cc3ccccc3)CC3(CN(Cc4cccnc4)C3)N2C1. The van der Waals surface area contributed by atoms with Gasteiger partial charge in [-0.3, -0.25) is 19.7 Å². The Morgan fingerprint density at radius 3 is 2.44 bits per heavy atom. The molecule has 1 N–H and O–H groups in total. The van der Waals surface area contributed by atoms with Crippen molar-refractivity contribution < 1.29 is 5.11 Å². The first-order chi connectivity index (χ1) is 13.2. The summed E-state index contributed by atoms with van der Waals surface area (Å²) < 4.78 is 0. The lowest BCUT2D eigenvalue weighted by molar-refractivity contribution is -0.118. The molecule has 3 saturated heterocycles. The van der Waals surface area contributed by atoms with Gasteiger partial charge < -0.3 is 5.11 Å². The lowest BCUT2D eigenvalue weighted by Gasteiger charge is -2.61. The van der Waals surface area contributed by atoms with Crippen molar-refractivity contribution in [2.75, 3.05) is 32.7 Å². The number of aliphatic hydroxyl groups is 1. The van der Waals surface area contributed by atoms with Gasteiger partial charge in [-0.05, 0) is 23.6 Å². The predicted octanol–water partition coefficient (Wildman–Crippen LogP) is 1.59. The van der Waals surface area contributed by atoms with E-state index in [0.717, 1.165) is 52.2 Å². The Bertz CT molecular complexity index is 762. The van der Waals surface area contributed by atoms with E-state index >= 15 is 0 Å². The van der Waals surface area contributed by atoms with Gasteiger partial charge in [0.25, 0.3) is 0 Å². The Kier molecular flexibility index (Phi) is 4.48. The van der Waals surface area contributed by atoms with E-state index in [1.54, 1.807) is 0 Å². The molecule has 3 aliphatic heterocycles. The van der Waals surface area contributed by atoms with E-state index in [-0.39, 0.29) is 11.6 Å². The first kappa shape index (κ1) is 17.3. The molecule has 4 heterocycles. The Morgan fingerprint density at radius 2 is 1.67 bits per heavy atom. The smallest absolute Gasteiger partial charge is 0.0682 e. The fourth-order valence-corrected chi connectivity index (χ4v) is 5.41. The topological polar surface area (TPSA) is 42.8 Å². The summed E-state index contributed by atoms with van der Waals surface area (Å²) in [4.78, 5) is 12.0. The minimum Gasteiger partial charge on any atom is -0.392 e. The second-order valence-corrected chi connectivity index (χ2v) is 8.58. The second kappa shape index (κ2) is 6.99. The molecular formula is C22H28N4O. The van der Waals surface area contributed by atoms with Crippen LogP contribution in [0.2, 0.25) is 0 Å². The number of likely N-dealkylation sites (tertiary alicyclic amines) is 1. The number of rotatable bonds is 4. The predicted molar refractivity (Wildman–Crippen MR) is 105 cm³/mol. The molecule has 2 unspecified atom stereocenters. The summed E-state index contributed by atoms with van der Waals surface area (Å²) in [6, 6.07) is 15.4. The van der Waals surface area contributed by atoms with E-state index in [9.17, 15) is 5.11 Å². The number of benzene rings is 1. The number of aliphatic hydroxyl groups excluding tert-OH is 1.